The van der Waals surface area contributed by atoms with Crippen molar-refractivity contribution in [2.45, 2.75) is 6.92 Å². The van der Waals surface area contributed by atoms with Gasteiger partial charge in [-0.25, -0.2) is 4.79 Å². The number of aromatic amines is 1. The number of rotatable bonds is 2. The number of carbonyl (C=O) groups excluding carboxylic acids is 1. The number of aromatic nitrogens is 1. The Kier molecular flexibility index (Phi) is 2.23. The van der Waals surface area contributed by atoms with E-state index >= 15 is 0 Å². The van der Waals surface area contributed by atoms with Crippen LogP contribution in [0, 0.1) is 0 Å². The first-order valence-electron chi connectivity index (χ1n) is 4.56. The van der Waals surface area contributed by atoms with Gasteiger partial charge in [0.25, 0.3) is 0 Å². The number of H-pyrrole nitrogens is 1. The standard InChI is InChI=1S/C11H11NO2/c1-2-14-11(13)10-9-6-4-3-5-8(9)7-12-10/h3-7,12H,2H2,1H3. The largest absolute Gasteiger partial charge is 0.461 e. The maximum Gasteiger partial charge on any atom is 0.355 e. The van der Waals surface area contributed by atoms with Gasteiger partial charge in [-0.15, -0.1) is 0 Å². The molecule has 1 aromatic carbocycles. The second-order valence-corrected chi connectivity index (χ2v) is 2.97. The first-order chi connectivity index (χ1) is 6.83. The molecule has 2 aromatic rings. The lowest BCUT2D eigenvalue weighted by Crippen LogP contribution is -2.04. The first-order valence-corrected chi connectivity index (χ1v) is 4.56. The van der Waals surface area contributed by atoms with Crippen LogP contribution < -0.4 is 0 Å². The summed E-state index contributed by atoms with van der Waals surface area (Å²) in [5, 5.41) is 1.93. The molecule has 1 N–H and O–H groups in total. The van der Waals surface area contributed by atoms with Gasteiger partial charge in [-0.3, -0.25) is 0 Å². The maximum absolute atomic E-state index is 11.5. The molecule has 0 spiro atoms. The number of hydrogen-bond donors (Lipinski definition) is 1. The zero-order valence-electron chi connectivity index (χ0n) is 7.91. The topological polar surface area (TPSA) is 42.1 Å². The van der Waals surface area contributed by atoms with E-state index in [1.807, 2.05) is 30.5 Å². The average molecular weight is 189 g/mol. The van der Waals surface area contributed by atoms with Gasteiger partial charge < -0.3 is 9.72 Å². The molecule has 1 aromatic heterocycles. The van der Waals surface area contributed by atoms with Crippen LogP contribution in [0.1, 0.15) is 17.4 Å². The van der Waals surface area contributed by atoms with E-state index < -0.39 is 0 Å². The average Bonchev–Trinajstić information content (AvgIpc) is 2.61. The summed E-state index contributed by atoms with van der Waals surface area (Å²) in [6.07, 6.45) is 1.81. The van der Waals surface area contributed by atoms with E-state index in [1.54, 1.807) is 6.92 Å². The van der Waals surface area contributed by atoms with Crippen LogP contribution in [-0.4, -0.2) is 17.6 Å². The van der Waals surface area contributed by atoms with Crippen LogP contribution in [0.2, 0.25) is 0 Å². The third kappa shape index (κ3) is 1.37. The van der Waals surface area contributed by atoms with Crippen molar-refractivity contribution in [2.24, 2.45) is 0 Å². The molecule has 0 radical (unpaired) electrons. The lowest BCUT2D eigenvalue weighted by atomic mass is 10.2. The third-order valence-corrected chi connectivity index (χ3v) is 2.08. The predicted octanol–water partition coefficient (Wildman–Crippen LogP) is 2.34. The van der Waals surface area contributed by atoms with Gasteiger partial charge in [0.1, 0.15) is 5.69 Å². The molecule has 0 aliphatic heterocycles. The Hall–Kier alpha value is -1.77. The van der Waals surface area contributed by atoms with Crippen molar-refractivity contribution >= 4 is 16.7 Å². The molecule has 0 fully saturated rings. The molecule has 0 atom stereocenters. The van der Waals surface area contributed by atoms with Crippen LogP contribution in [0.5, 0.6) is 0 Å². The molecular weight excluding hydrogens is 178 g/mol. The minimum Gasteiger partial charge on any atom is -0.461 e. The van der Waals surface area contributed by atoms with Gasteiger partial charge in [-0.2, -0.15) is 0 Å². The van der Waals surface area contributed by atoms with Gasteiger partial charge in [0.05, 0.1) is 6.61 Å². The first kappa shape index (κ1) is 8.81. The van der Waals surface area contributed by atoms with Crippen LogP contribution in [0.25, 0.3) is 10.8 Å². The molecule has 0 amide bonds. The Morgan fingerprint density at radius 3 is 3.00 bits per heavy atom. The van der Waals surface area contributed by atoms with Crippen LogP contribution in [-0.2, 0) is 4.74 Å². The van der Waals surface area contributed by atoms with E-state index in [0.29, 0.717) is 12.3 Å². The number of hydrogen-bond acceptors (Lipinski definition) is 2. The Balaban J connectivity index is 2.47. The van der Waals surface area contributed by atoms with Gasteiger partial charge in [0, 0.05) is 17.0 Å². The van der Waals surface area contributed by atoms with E-state index in [-0.39, 0.29) is 5.97 Å². The quantitative estimate of drug-likeness (QED) is 0.737. The highest BCUT2D eigenvalue weighted by molar-refractivity contribution is 6.03. The van der Waals surface area contributed by atoms with Crippen LogP contribution in [0.15, 0.2) is 30.5 Å². The van der Waals surface area contributed by atoms with Gasteiger partial charge in [0.15, 0.2) is 0 Å². The summed E-state index contributed by atoms with van der Waals surface area (Å²) in [4.78, 5) is 14.4. The summed E-state index contributed by atoms with van der Waals surface area (Å²) < 4.78 is 4.92. The highest BCUT2D eigenvalue weighted by Crippen LogP contribution is 2.18. The summed E-state index contributed by atoms with van der Waals surface area (Å²) in [7, 11) is 0. The fourth-order valence-electron chi connectivity index (χ4n) is 1.45. The Labute approximate surface area is 81.7 Å². The van der Waals surface area contributed by atoms with Gasteiger partial charge in [-0.1, -0.05) is 24.3 Å². The minimum absolute atomic E-state index is 0.297. The lowest BCUT2D eigenvalue weighted by molar-refractivity contribution is 0.0522. The molecule has 72 valence electrons. The summed E-state index contributed by atoms with van der Waals surface area (Å²) in [6.45, 7) is 2.19. The van der Waals surface area contributed by atoms with Crippen molar-refractivity contribution < 1.29 is 9.53 Å². The normalized spacial score (nSPS) is 10.4. The van der Waals surface area contributed by atoms with E-state index in [4.69, 9.17) is 4.74 Å². The molecule has 0 unspecified atom stereocenters. The van der Waals surface area contributed by atoms with Crippen LogP contribution >= 0.6 is 0 Å². The summed E-state index contributed by atoms with van der Waals surface area (Å²) in [5.41, 5.74) is 0.530. The van der Waals surface area contributed by atoms with Gasteiger partial charge in [-0.05, 0) is 6.92 Å². The fourth-order valence-corrected chi connectivity index (χ4v) is 1.45. The van der Waals surface area contributed by atoms with Crippen LogP contribution in [0.4, 0.5) is 0 Å². The van der Waals surface area contributed by atoms with E-state index in [0.717, 1.165) is 10.8 Å². The van der Waals surface area contributed by atoms with Crippen molar-refractivity contribution in [3.05, 3.63) is 36.2 Å². The number of fused-ring (bicyclic) bond motifs is 1. The SMILES string of the molecule is CCOC(=O)c1[nH]cc2ccccc12. The Morgan fingerprint density at radius 1 is 1.43 bits per heavy atom. The molecule has 0 bridgehead atoms. The lowest BCUT2D eigenvalue weighted by Gasteiger charge is -1.99. The Bertz CT molecular complexity index is 459. The molecule has 2 rings (SSSR count). The van der Waals surface area contributed by atoms with E-state index in [9.17, 15) is 4.79 Å². The Morgan fingerprint density at radius 2 is 2.21 bits per heavy atom. The van der Waals surface area contributed by atoms with Crippen molar-refractivity contribution in [2.75, 3.05) is 6.61 Å². The van der Waals surface area contributed by atoms with Gasteiger partial charge >= 0.3 is 5.97 Å². The third-order valence-electron chi connectivity index (χ3n) is 2.08. The molecule has 0 saturated heterocycles. The van der Waals surface area contributed by atoms with E-state index in [2.05, 4.69) is 4.98 Å². The highest BCUT2D eigenvalue weighted by atomic mass is 16.5. The van der Waals surface area contributed by atoms with Crippen molar-refractivity contribution in [3.63, 3.8) is 0 Å². The van der Waals surface area contributed by atoms with Crippen LogP contribution in [0.3, 0.4) is 0 Å². The number of carbonyl (C=O) groups is 1. The second kappa shape index (κ2) is 3.54. The van der Waals surface area contributed by atoms with Gasteiger partial charge in [0.2, 0.25) is 0 Å². The molecular formula is C11H11NO2. The van der Waals surface area contributed by atoms with Crippen molar-refractivity contribution in [1.29, 1.82) is 0 Å². The smallest absolute Gasteiger partial charge is 0.355 e. The minimum atomic E-state index is -0.297. The predicted molar refractivity (Wildman–Crippen MR) is 54.3 cm³/mol. The number of benzene rings is 1. The summed E-state index contributed by atoms with van der Waals surface area (Å²) >= 11 is 0. The summed E-state index contributed by atoms with van der Waals surface area (Å²) in [6, 6.07) is 7.69. The zero-order chi connectivity index (χ0) is 9.97. The summed E-state index contributed by atoms with van der Waals surface area (Å²) in [5.74, 6) is -0.297. The molecule has 14 heavy (non-hydrogen) atoms. The number of ether oxygens (including phenoxy) is 1. The zero-order valence-corrected chi connectivity index (χ0v) is 7.91. The molecule has 0 saturated carbocycles. The molecule has 1 heterocycles. The molecule has 3 nitrogen and oxygen atoms in total. The highest BCUT2D eigenvalue weighted by Gasteiger charge is 2.11. The van der Waals surface area contributed by atoms with E-state index in [1.165, 1.54) is 0 Å². The maximum atomic E-state index is 11.5. The monoisotopic (exact) mass is 189 g/mol. The molecule has 3 heteroatoms. The number of nitrogens with one attached hydrogen (secondary N) is 1. The fraction of sp³-hybridized carbons (Fsp3) is 0.182. The van der Waals surface area contributed by atoms with Crippen molar-refractivity contribution in [1.82, 2.24) is 4.98 Å². The number of esters is 1. The van der Waals surface area contributed by atoms with Crippen molar-refractivity contribution in [3.8, 4) is 0 Å². The molecule has 0 aliphatic rings. The second-order valence-electron chi connectivity index (χ2n) is 2.97. The molecule has 0 aliphatic carbocycles.